The van der Waals surface area contributed by atoms with E-state index in [2.05, 4.69) is 84.9 Å². The first-order valence-corrected chi connectivity index (χ1v) is 8.65. The predicted octanol–water partition coefficient (Wildman–Crippen LogP) is 5.43. The molecule has 1 atom stereocenters. The topological polar surface area (TPSA) is 9.23 Å². The van der Waals surface area contributed by atoms with E-state index >= 15 is 0 Å². The number of thioether (sulfide) groups is 1. The summed E-state index contributed by atoms with van der Waals surface area (Å²) in [4.78, 5) is 0. The van der Waals surface area contributed by atoms with Gasteiger partial charge in [0.05, 0.1) is 17.1 Å². The Labute approximate surface area is 141 Å². The van der Waals surface area contributed by atoms with Crippen molar-refractivity contribution >= 4 is 11.8 Å². The van der Waals surface area contributed by atoms with E-state index in [1.54, 1.807) is 7.11 Å². The number of benzene rings is 3. The molecule has 1 aliphatic heterocycles. The normalized spacial score (nSPS) is 18.4. The Bertz CT molecular complexity index is 742. The van der Waals surface area contributed by atoms with Crippen LogP contribution in [0.25, 0.3) is 0 Å². The fourth-order valence-corrected chi connectivity index (χ4v) is 4.76. The number of hydrogen-bond acceptors (Lipinski definition) is 2. The third-order valence-electron chi connectivity index (χ3n) is 4.44. The van der Waals surface area contributed by atoms with Crippen LogP contribution in [-0.2, 0) is 4.75 Å². The maximum Gasteiger partial charge on any atom is 0.118 e. The van der Waals surface area contributed by atoms with E-state index in [4.69, 9.17) is 4.74 Å². The Morgan fingerprint density at radius 1 is 0.739 bits per heavy atom. The molecule has 0 saturated carbocycles. The molecule has 1 nitrogen and oxygen atoms in total. The van der Waals surface area contributed by atoms with Crippen molar-refractivity contribution in [3.8, 4) is 5.75 Å². The predicted molar refractivity (Wildman–Crippen MR) is 97.0 cm³/mol. The minimum atomic E-state index is 0.0249. The lowest BCUT2D eigenvalue weighted by atomic mass is 9.86. The summed E-state index contributed by atoms with van der Waals surface area (Å²) < 4.78 is 5.31. The van der Waals surface area contributed by atoms with Gasteiger partial charge in [0.1, 0.15) is 5.75 Å². The second-order valence-corrected chi connectivity index (χ2v) is 7.09. The molecule has 0 aromatic heterocycles. The third-order valence-corrected chi connectivity index (χ3v) is 6.13. The molecule has 1 saturated heterocycles. The first-order valence-electron chi connectivity index (χ1n) is 7.77. The van der Waals surface area contributed by atoms with Crippen molar-refractivity contribution in [1.82, 2.24) is 0 Å². The van der Waals surface area contributed by atoms with Gasteiger partial charge >= 0.3 is 0 Å². The van der Waals surface area contributed by atoms with Crippen LogP contribution in [0.3, 0.4) is 0 Å². The lowest BCUT2D eigenvalue weighted by molar-refractivity contribution is 0.414. The Hall–Kier alpha value is -2.19. The van der Waals surface area contributed by atoms with Gasteiger partial charge in [0.15, 0.2) is 0 Å². The highest BCUT2D eigenvalue weighted by Crippen LogP contribution is 2.74. The van der Waals surface area contributed by atoms with Gasteiger partial charge in [-0.25, -0.2) is 0 Å². The van der Waals surface area contributed by atoms with Gasteiger partial charge in [0.25, 0.3) is 0 Å². The second kappa shape index (κ2) is 5.78. The molecule has 0 amide bonds. The minimum absolute atomic E-state index is 0.0249. The molecule has 114 valence electrons. The van der Waals surface area contributed by atoms with Gasteiger partial charge in [-0.05, 0) is 28.8 Å². The van der Waals surface area contributed by atoms with E-state index in [0.717, 1.165) is 5.75 Å². The van der Waals surface area contributed by atoms with Gasteiger partial charge in [-0.15, -0.1) is 11.8 Å². The summed E-state index contributed by atoms with van der Waals surface area (Å²) in [6.45, 7) is 0. The molecule has 0 bridgehead atoms. The molecule has 0 N–H and O–H groups in total. The third kappa shape index (κ3) is 2.43. The maximum absolute atomic E-state index is 5.28. The molecule has 1 unspecified atom stereocenters. The molecule has 3 aromatic rings. The first kappa shape index (κ1) is 14.4. The van der Waals surface area contributed by atoms with Gasteiger partial charge < -0.3 is 4.74 Å². The Morgan fingerprint density at radius 3 is 1.74 bits per heavy atom. The molecule has 3 aromatic carbocycles. The number of hydrogen-bond donors (Lipinski definition) is 0. The average molecular weight is 318 g/mol. The summed E-state index contributed by atoms with van der Waals surface area (Å²) in [7, 11) is 1.71. The highest BCUT2D eigenvalue weighted by molar-refractivity contribution is 8.07. The average Bonchev–Trinajstić information content (AvgIpc) is 3.40. The fraction of sp³-hybridized carbons (Fsp3) is 0.143. The Kier molecular flexibility index (Phi) is 3.62. The molecule has 1 fully saturated rings. The van der Waals surface area contributed by atoms with Crippen molar-refractivity contribution in [2.24, 2.45) is 0 Å². The van der Waals surface area contributed by atoms with E-state index in [-0.39, 0.29) is 4.75 Å². The molecule has 2 heteroatoms. The molecule has 1 heterocycles. The number of methoxy groups -OCH3 is 1. The van der Waals surface area contributed by atoms with Gasteiger partial charge in [0, 0.05) is 0 Å². The van der Waals surface area contributed by atoms with Crippen LogP contribution < -0.4 is 4.74 Å². The SMILES string of the molecule is COc1ccc(C2SC2(c2ccccc2)c2ccccc2)cc1. The minimum Gasteiger partial charge on any atom is -0.497 e. The summed E-state index contributed by atoms with van der Waals surface area (Å²) in [5, 5.41) is 0.443. The van der Waals surface area contributed by atoms with Crippen LogP contribution in [0.5, 0.6) is 5.75 Å². The quantitative estimate of drug-likeness (QED) is 0.593. The van der Waals surface area contributed by atoms with Gasteiger partial charge in [-0.1, -0.05) is 72.8 Å². The van der Waals surface area contributed by atoms with Crippen LogP contribution in [0.2, 0.25) is 0 Å². The molecule has 0 spiro atoms. The van der Waals surface area contributed by atoms with Crippen LogP contribution in [0.1, 0.15) is 21.9 Å². The van der Waals surface area contributed by atoms with Crippen LogP contribution in [0.15, 0.2) is 84.9 Å². The molecular formula is C21H18OS. The van der Waals surface area contributed by atoms with Crippen LogP contribution in [0, 0.1) is 0 Å². The number of rotatable bonds is 4. The number of ether oxygens (including phenoxy) is 1. The summed E-state index contributed by atoms with van der Waals surface area (Å²) in [6.07, 6.45) is 0. The van der Waals surface area contributed by atoms with E-state index in [1.807, 2.05) is 11.8 Å². The van der Waals surface area contributed by atoms with Gasteiger partial charge in [-0.2, -0.15) is 0 Å². The summed E-state index contributed by atoms with van der Waals surface area (Å²) in [6, 6.07) is 30.1. The van der Waals surface area contributed by atoms with Crippen molar-refractivity contribution in [3.63, 3.8) is 0 Å². The van der Waals surface area contributed by atoms with E-state index in [1.165, 1.54) is 16.7 Å². The van der Waals surface area contributed by atoms with Crippen LogP contribution in [0.4, 0.5) is 0 Å². The first-order chi connectivity index (χ1) is 11.3. The summed E-state index contributed by atoms with van der Waals surface area (Å²) >= 11 is 2.02. The lowest BCUT2D eigenvalue weighted by Crippen LogP contribution is -2.11. The van der Waals surface area contributed by atoms with Crippen molar-refractivity contribution < 1.29 is 4.74 Å². The van der Waals surface area contributed by atoms with Gasteiger partial charge in [0.2, 0.25) is 0 Å². The Balaban J connectivity index is 1.77. The Morgan fingerprint density at radius 2 is 1.26 bits per heavy atom. The largest absolute Gasteiger partial charge is 0.497 e. The van der Waals surface area contributed by atoms with Gasteiger partial charge in [-0.3, -0.25) is 0 Å². The zero-order valence-corrected chi connectivity index (χ0v) is 13.8. The molecule has 0 aliphatic carbocycles. The lowest BCUT2D eigenvalue weighted by Gasteiger charge is -2.17. The van der Waals surface area contributed by atoms with Crippen molar-refractivity contribution in [2.75, 3.05) is 7.11 Å². The maximum atomic E-state index is 5.28. The molecule has 1 aliphatic rings. The van der Waals surface area contributed by atoms with Crippen molar-refractivity contribution in [1.29, 1.82) is 0 Å². The summed E-state index contributed by atoms with van der Waals surface area (Å²) in [5.74, 6) is 0.907. The van der Waals surface area contributed by atoms with Crippen LogP contribution in [-0.4, -0.2) is 7.11 Å². The molecular weight excluding hydrogens is 300 g/mol. The molecule has 23 heavy (non-hydrogen) atoms. The van der Waals surface area contributed by atoms with Crippen molar-refractivity contribution in [2.45, 2.75) is 10.00 Å². The molecule has 4 rings (SSSR count). The van der Waals surface area contributed by atoms with Crippen LogP contribution >= 0.6 is 11.8 Å². The zero-order chi connectivity index (χ0) is 15.7. The monoisotopic (exact) mass is 318 g/mol. The highest BCUT2D eigenvalue weighted by Gasteiger charge is 2.58. The second-order valence-electron chi connectivity index (χ2n) is 5.74. The van der Waals surface area contributed by atoms with Crippen molar-refractivity contribution in [3.05, 3.63) is 102 Å². The van der Waals surface area contributed by atoms with E-state index in [0.29, 0.717) is 5.25 Å². The van der Waals surface area contributed by atoms with E-state index in [9.17, 15) is 0 Å². The molecule has 0 radical (unpaired) electrons. The fourth-order valence-electron chi connectivity index (χ4n) is 3.21. The zero-order valence-electron chi connectivity index (χ0n) is 13.0. The van der Waals surface area contributed by atoms with E-state index < -0.39 is 0 Å². The smallest absolute Gasteiger partial charge is 0.118 e. The summed E-state index contributed by atoms with van der Waals surface area (Å²) in [5.41, 5.74) is 4.09. The standard InChI is InChI=1S/C21H18OS/c1-22-19-14-12-16(13-15-19)20-21(23-20,17-8-4-2-5-9-17)18-10-6-3-7-11-18/h2-15,20H,1H3. The highest BCUT2D eigenvalue weighted by atomic mass is 32.2.